The molecule has 2 amide bonds. The summed E-state index contributed by atoms with van der Waals surface area (Å²) in [5.41, 5.74) is -0.485. The topological polar surface area (TPSA) is 58.6 Å². The molecule has 0 aromatic rings. The summed E-state index contributed by atoms with van der Waals surface area (Å²) < 4.78 is 5.35. The van der Waals surface area contributed by atoms with E-state index in [0.29, 0.717) is 19.0 Å². The first-order valence-corrected chi connectivity index (χ1v) is 6.42. The number of hydrogen-bond donors (Lipinski definition) is 1. The van der Waals surface area contributed by atoms with Gasteiger partial charge in [-0.15, -0.1) is 0 Å². The van der Waals surface area contributed by atoms with E-state index in [2.05, 4.69) is 12.2 Å². The first-order valence-electron chi connectivity index (χ1n) is 6.42. The molecule has 1 aliphatic heterocycles. The molecular formula is C13H24N2O3. The zero-order chi connectivity index (χ0) is 13.9. The lowest BCUT2D eigenvalue weighted by atomic mass is 9.96. The van der Waals surface area contributed by atoms with Crippen molar-refractivity contribution in [3.8, 4) is 0 Å². The molecule has 1 aliphatic rings. The number of carbonyl (C=O) groups is 2. The average Bonchev–Trinajstić information content (AvgIpc) is 2.12. The second kappa shape index (κ2) is 5.59. The number of nitrogens with one attached hydrogen (secondary N) is 1. The maximum absolute atomic E-state index is 12.0. The number of ether oxygens (including phenoxy) is 1. The number of rotatable bonds is 1. The molecule has 5 heteroatoms. The Morgan fingerprint density at radius 1 is 1.28 bits per heavy atom. The minimum atomic E-state index is -0.485. The van der Waals surface area contributed by atoms with Gasteiger partial charge < -0.3 is 15.0 Å². The van der Waals surface area contributed by atoms with E-state index in [4.69, 9.17) is 4.74 Å². The van der Waals surface area contributed by atoms with E-state index < -0.39 is 5.60 Å². The zero-order valence-electron chi connectivity index (χ0n) is 11.9. The van der Waals surface area contributed by atoms with Crippen LogP contribution in [0, 0.1) is 5.92 Å². The average molecular weight is 256 g/mol. The maximum Gasteiger partial charge on any atom is 0.410 e. The van der Waals surface area contributed by atoms with Crippen LogP contribution in [0.1, 0.15) is 41.0 Å². The number of hydrogen-bond acceptors (Lipinski definition) is 3. The first-order chi connectivity index (χ1) is 8.17. The summed E-state index contributed by atoms with van der Waals surface area (Å²) in [4.78, 5) is 24.7. The lowest BCUT2D eigenvalue weighted by Crippen LogP contribution is -2.52. The minimum Gasteiger partial charge on any atom is -0.444 e. The van der Waals surface area contributed by atoms with Gasteiger partial charge in [0.1, 0.15) is 5.60 Å². The molecule has 18 heavy (non-hydrogen) atoms. The van der Waals surface area contributed by atoms with Gasteiger partial charge in [-0.05, 0) is 33.1 Å². The van der Waals surface area contributed by atoms with E-state index in [1.807, 2.05) is 20.8 Å². The zero-order valence-corrected chi connectivity index (χ0v) is 11.9. The van der Waals surface area contributed by atoms with Crippen molar-refractivity contribution in [2.75, 3.05) is 13.1 Å². The van der Waals surface area contributed by atoms with E-state index in [1.165, 1.54) is 6.92 Å². The van der Waals surface area contributed by atoms with E-state index >= 15 is 0 Å². The van der Waals surface area contributed by atoms with Gasteiger partial charge in [0.2, 0.25) is 5.91 Å². The monoisotopic (exact) mass is 256 g/mol. The van der Waals surface area contributed by atoms with Crippen LogP contribution < -0.4 is 5.32 Å². The van der Waals surface area contributed by atoms with E-state index in [-0.39, 0.29) is 18.0 Å². The summed E-state index contributed by atoms with van der Waals surface area (Å²) in [6.07, 6.45) is 0.600. The van der Waals surface area contributed by atoms with Gasteiger partial charge in [-0.25, -0.2) is 4.79 Å². The van der Waals surface area contributed by atoms with Crippen LogP contribution in [0.4, 0.5) is 4.79 Å². The molecule has 1 rings (SSSR count). The molecule has 0 aliphatic carbocycles. The highest BCUT2D eigenvalue weighted by molar-refractivity contribution is 5.73. The summed E-state index contributed by atoms with van der Waals surface area (Å²) in [7, 11) is 0. The molecule has 1 fully saturated rings. The highest BCUT2D eigenvalue weighted by Gasteiger charge is 2.30. The number of amides is 2. The molecule has 104 valence electrons. The van der Waals surface area contributed by atoms with Crippen molar-refractivity contribution in [1.82, 2.24) is 10.2 Å². The molecular weight excluding hydrogens is 232 g/mol. The third-order valence-electron chi connectivity index (χ3n) is 2.72. The molecule has 0 spiro atoms. The molecule has 1 N–H and O–H groups in total. The summed E-state index contributed by atoms with van der Waals surface area (Å²) in [6.45, 7) is 10.3. The van der Waals surface area contributed by atoms with Crippen molar-refractivity contribution in [3.05, 3.63) is 0 Å². The number of piperidine rings is 1. The van der Waals surface area contributed by atoms with Gasteiger partial charge in [-0.2, -0.15) is 0 Å². The molecule has 0 radical (unpaired) electrons. The Morgan fingerprint density at radius 2 is 1.89 bits per heavy atom. The number of carbonyl (C=O) groups excluding carboxylic acids is 2. The quantitative estimate of drug-likeness (QED) is 0.778. The Labute approximate surface area is 109 Å². The summed E-state index contributed by atoms with van der Waals surface area (Å²) in [5.74, 6) is 0.307. The van der Waals surface area contributed by atoms with Crippen LogP contribution in [0.3, 0.4) is 0 Å². The highest BCUT2D eigenvalue weighted by Crippen LogP contribution is 2.19. The molecule has 0 aromatic carbocycles. The number of likely N-dealkylation sites (tertiary alicyclic amines) is 1. The smallest absolute Gasteiger partial charge is 0.410 e. The summed E-state index contributed by atoms with van der Waals surface area (Å²) in [6, 6.07) is 0.0266. The van der Waals surface area contributed by atoms with Gasteiger partial charge >= 0.3 is 6.09 Å². The van der Waals surface area contributed by atoms with Gasteiger partial charge in [0, 0.05) is 26.1 Å². The lowest BCUT2D eigenvalue weighted by Gasteiger charge is -2.37. The largest absolute Gasteiger partial charge is 0.444 e. The van der Waals surface area contributed by atoms with Gasteiger partial charge in [-0.1, -0.05) is 6.92 Å². The van der Waals surface area contributed by atoms with Crippen molar-refractivity contribution in [1.29, 1.82) is 0 Å². The number of nitrogens with zero attached hydrogens (tertiary/aromatic N) is 1. The van der Waals surface area contributed by atoms with E-state index in [9.17, 15) is 9.59 Å². The normalized spacial score (nSPS) is 24.6. The second-order valence-electron chi connectivity index (χ2n) is 6.12. The molecule has 1 heterocycles. The molecule has 5 nitrogen and oxygen atoms in total. The molecule has 0 bridgehead atoms. The summed E-state index contributed by atoms with van der Waals surface area (Å²) >= 11 is 0. The third kappa shape index (κ3) is 4.94. The van der Waals surface area contributed by atoms with Crippen molar-refractivity contribution in [2.24, 2.45) is 5.92 Å². The highest BCUT2D eigenvalue weighted by atomic mass is 16.6. The predicted octanol–water partition coefficient (Wildman–Crippen LogP) is 1.77. The second-order valence-corrected chi connectivity index (χ2v) is 6.12. The summed E-state index contributed by atoms with van der Waals surface area (Å²) in [5, 5.41) is 2.87. The van der Waals surface area contributed by atoms with Crippen molar-refractivity contribution in [3.63, 3.8) is 0 Å². The molecule has 0 saturated carbocycles. The molecule has 1 saturated heterocycles. The minimum absolute atomic E-state index is 0.0266. The van der Waals surface area contributed by atoms with Crippen molar-refractivity contribution < 1.29 is 14.3 Å². The van der Waals surface area contributed by atoms with Crippen LogP contribution in [-0.4, -0.2) is 41.6 Å². The van der Waals surface area contributed by atoms with E-state index in [0.717, 1.165) is 6.42 Å². The first kappa shape index (κ1) is 14.8. The fraction of sp³-hybridized carbons (Fsp3) is 0.846. The maximum atomic E-state index is 12.0. The Balaban J connectivity index is 2.60. The van der Waals surface area contributed by atoms with Crippen LogP contribution in [0.25, 0.3) is 0 Å². The van der Waals surface area contributed by atoms with Gasteiger partial charge in [0.25, 0.3) is 0 Å². The fourth-order valence-corrected chi connectivity index (χ4v) is 2.22. The van der Waals surface area contributed by atoms with Crippen LogP contribution in [0.2, 0.25) is 0 Å². The standard InChI is InChI=1S/C13H24N2O3/c1-9-6-11(14-10(2)16)8-15(7-9)12(17)18-13(3,4)5/h9,11H,6-8H2,1-5H3,(H,14,16)/t9-,11+/m0/s1. The third-order valence-corrected chi connectivity index (χ3v) is 2.72. The van der Waals surface area contributed by atoms with Crippen LogP contribution in [-0.2, 0) is 9.53 Å². The Kier molecular flexibility index (Phi) is 4.59. The van der Waals surface area contributed by atoms with Gasteiger partial charge in [0.05, 0.1) is 0 Å². The Hall–Kier alpha value is -1.26. The fourth-order valence-electron chi connectivity index (χ4n) is 2.22. The predicted molar refractivity (Wildman–Crippen MR) is 69.2 cm³/mol. The van der Waals surface area contributed by atoms with Gasteiger partial charge in [-0.3, -0.25) is 4.79 Å². The lowest BCUT2D eigenvalue weighted by molar-refractivity contribution is -0.120. The van der Waals surface area contributed by atoms with E-state index in [1.54, 1.807) is 4.90 Å². The van der Waals surface area contributed by atoms with Crippen LogP contribution in [0.15, 0.2) is 0 Å². The van der Waals surface area contributed by atoms with Crippen molar-refractivity contribution in [2.45, 2.75) is 52.7 Å². The Morgan fingerprint density at radius 3 is 2.39 bits per heavy atom. The molecule has 0 unspecified atom stereocenters. The SMILES string of the molecule is CC(=O)N[C@@H]1C[C@H](C)CN(C(=O)OC(C)(C)C)C1. The molecule has 0 aromatic heterocycles. The molecule has 2 atom stereocenters. The van der Waals surface area contributed by atoms with Crippen molar-refractivity contribution >= 4 is 12.0 Å². The van der Waals surface area contributed by atoms with Gasteiger partial charge in [0.15, 0.2) is 0 Å². The van der Waals surface area contributed by atoms with Crippen LogP contribution in [0.5, 0.6) is 0 Å². The Bertz CT molecular complexity index is 323. The van der Waals surface area contributed by atoms with Crippen LogP contribution >= 0.6 is 0 Å².